The van der Waals surface area contributed by atoms with Crippen LogP contribution in [0.4, 0.5) is 4.39 Å². The van der Waals surface area contributed by atoms with Crippen LogP contribution in [-0.2, 0) is 6.54 Å². The molecule has 0 aromatic heterocycles. The van der Waals surface area contributed by atoms with E-state index in [0.717, 1.165) is 68.7 Å². The maximum Gasteiger partial charge on any atom is 0.253 e. The van der Waals surface area contributed by atoms with Gasteiger partial charge in [-0.2, -0.15) is 0 Å². The number of hydrogen-bond acceptors (Lipinski definition) is 3. The average Bonchev–Trinajstić information content (AvgIpc) is 3.27. The molecule has 29 heavy (non-hydrogen) atoms. The number of rotatable bonds is 5. The zero-order valence-electron chi connectivity index (χ0n) is 16.4. The predicted octanol–water partition coefficient (Wildman–Crippen LogP) is 4.76. The molecule has 0 saturated carbocycles. The number of ether oxygens (including phenoxy) is 1. The lowest BCUT2D eigenvalue weighted by Gasteiger charge is -2.32. The minimum atomic E-state index is -0.367. The van der Waals surface area contributed by atoms with Crippen molar-refractivity contribution in [1.82, 2.24) is 9.80 Å². The van der Waals surface area contributed by atoms with Crippen molar-refractivity contribution < 1.29 is 13.9 Å². The molecular formula is C23H26ClFN2O2. The van der Waals surface area contributed by atoms with Gasteiger partial charge in [-0.3, -0.25) is 9.69 Å². The minimum absolute atomic E-state index is 0.112. The van der Waals surface area contributed by atoms with Crippen molar-refractivity contribution in [3.8, 4) is 5.75 Å². The van der Waals surface area contributed by atoms with E-state index in [2.05, 4.69) is 4.90 Å². The first-order valence-corrected chi connectivity index (χ1v) is 10.7. The van der Waals surface area contributed by atoms with Crippen molar-refractivity contribution in [2.45, 2.75) is 38.3 Å². The van der Waals surface area contributed by atoms with Gasteiger partial charge in [0.25, 0.3) is 5.91 Å². The Kier molecular flexibility index (Phi) is 6.36. The molecular weight excluding hydrogens is 391 g/mol. The van der Waals surface area contributed by atoms with Crippen LogP contribution >= 0.6 is 11.6 Å². The van der Waals surface area contributed by atoms with Crippen LogP contribution in [0.25, 0.3) is 0 Å². The number of benzene rings is 2. The fourth-order valence-corrected chi connectivity index (χ4v) is 4.17. The smallest absolute Gasteiger partial charge is 0.253 e. The van der Waals surface area contributed by atoms with Gasteiger partial charge in [0.15, 0.2) is 0 Å². The van der Waals surface area contributed by atoms with Gasteiger partial charge in [0.1, 0.15) is 17.7 Å². The van der Waals surface area contributed by atoms with Crippen molar-refractivity contribution in [2.75, 3.05) is 26.2 Å². The second-order valence-corrected chi connectivity index (χ2v) is 8.27. The number of carbonyl (C=O) groups is 1. The van der Waals surface area contributed by atoms with Crippen LogP contribution in [-0.4, -0.2) is 48.0 Å². The SMILES string of the molecule is O=C(c1ccc(OC2CCN(Cc3ccc(Cl)c(F)c3)CC2)cc1)N1CCCC1. The van der Waals surface area contributed by atoms with Crippen LogP contribution in [0.2, 0.25) is 5.02 Å². The first kappa shape index (κ1) is 20.2. The molecule has 2 fully saturated rings. The largest absolute Gasteiger partial charge is 0.490 e. The summed E-state index contributed by atoms with van der Waals surface area (Å²) in [5, 5.41) is 0.161. The molecule has 2 aliphatic rings. The highest BCUT2D eigenvalue weighted by atomic mass is 35.5. The van der Waals surface area contributed by atoms with Crippen molar-refractivity contribution >= 4 is 17.5 Å². The van der Waals surface area contributed by atoms with Crippen molar-refractivity contribution in [3.05, 3.63) is 64.4 Å². The minimum Gasteiger partial charge on any atom is -0.490 e. The normalized spacial score (nSPS) is 18.2. The predicted molar refractivity (Wildman–Crippen MR) is 112 cm³/mol. The first-order valence-electron chi connectivity index (χ1n) is 10.3. The van der Waals surface area contributed by atoms with Gasteiger partial charge in [0.2, 0.25) is 0 Å². The molecule has 0 spiro atoms. The number of halogens is 2. The fourth-order valence-electron chi connectivity index (χ4n) is 4.05. The summed E-state index contributed by atoms with van der Waals surface area (Å²) < 4.78 is 19.7. The molecule has 1 amide bonds. The summed E-state index contributed by atoms with van der Waals surface area (Å²) in [6.07, 6.45) is 4.19. The van der Waals surface area contributed by atoms with Crippen molar-refractivity contribution in [1.29, 1.82) is 0 Å². The zero-order chi connectivity index (χ0) is 20.2. The highest BCUT2D eigenvalue weighted by Gasteiger charge is 2.22. The monoisotopic (exact) mass is 416 g/mol. The third kappa shape index (κ3) is 5.09. The Hall–Kier alpha value is -2.11. The second kappa shape index (κ2) is 9.14. The Bertz CT molecular complexity index is 844. The molecule has 0 aliphatic carbocycles. The summed E-state index contributed by atoms with van der Waals surface area (Å²) in [6.45, 7) is 4.24. The third-order valence-corrected chi connectivity index (χ3v) is 6.03. The van der Waals surface area contributed by atoms with Gasteiger partial charge in [0, 0.05) is 38.3 Å². The van der Waals surface area contributed by atoms with Crippen LogP contribution in [0.5, 0.6) is 5.75 Å². The quantitative estimate of drug-likeness (QED) is 0.704. The number of piperidine rings is 1. The van der Waals surface area contributed by atoms with E-state index in [1.807, 2.05) is 35.2 Å². The number of nitrogens with zero attached hydrogens (tertiary/aromatic N) is 2. The number of carbonyl (C=O) groups excluding carboxylic acids is 1. The lowest BCUT2D eigenvalue weighted by molar-refractivity contribution is 0.0792. The number of hydrogen-bond donors (Lipinski definition) is 0. The molecule has 0 bridgehead atoms. The van der Waals surface area contributed by atoms with E-state index in [1.165, 1.54) is 6.07 Å². The summed E-state index contributed by atoms with van der Waals surface area (Å²) in [5.74, 6) is 0.552. The summed E-state index contributed by atoms with van der Waals surface area (Å²) in [6, 6.07) is 12.5. The van der Waals surface area contributed by atoms with E-state index in [0.29, 0.717) is 6.54 Å². The van der Waals surface area contributed by atoms with Crippen LogP contribution in [0.15, 0.2) is 42.5 Å². The molecule has 2 heterocycles. The molecule has 4 nitrogen and oxygen atoms in total. The highest BCUT2D eigenvalue weighted by Crippen LogP contribution is 2.23. The van der Waals surface area contributed by atoms with Crippen LogP contribution < -0.4 is 4.74 Å². The molecule has 0 unspecified atom stereocenters. The highest BCUT2D eigenvalue weighted by molar-refractivity contribution is 6.30. The van der Waals surface area contributed by atoms with Gasteiger partial charge in [-0.25, -0.2) is 4.39 Å². The lowest BCUT2D eigenvalue weighted by atomic mass is 10.1. The van der Waals surface area contributed by atoms with E-state index in [4.69, 9.17) is 16.3 Å². The molecule has 0 radical (unpaired) electrons. The van der Waals surface area contributed by atoms with Crippen LogP contribution in [0, 0.1) is 5.82 Å². The Labute approximate surface area is 176 Å². The van der Waals surface area contributed by atoms with E-state index in [-0.39, 0.29) is 22.9 Å². The van der Waals surface area contributed by atoms with Gasteiger partial charge in [-0.1, -0.05) is 17.7 Å². The Balaban J connectivity index is 1.26. The van der Waals surface area contributed by atoms with Crippen molar-refractivity contribution in [3.63, 3.8) is 0 Å². The van der Waals surface area contributed by atoms with Crippen molar-refractivity contribution in [2.24, 2.45) is 0 Å². The molecule has 2 aromatic carbocycles. The van der Waals surface area contributed by atoms with E-state index in [1.54, 1.807) is 6.07 Å². The maximum atomic E-state index is 13.6. The summed E-state index contributed by atoms with van der Waals surface area (Å²) in [4.78, 5) is 16.6. The molecule has 0 N–H and O–H groups in total. The molecule has 2 aromatic rings. The molecule has 4 rings (SSSR count). The molecule has 2 aliphatic heterocycles. The summed E-state index contributed by atoms with van der Waals surface area (Å²) >= 11 is 5.75. The third-order valence-electron chi connectivity index (χ3n) is 5.72. The van der Waals surface area contributed by atoms with E-state index in [9.17, 15) is 9.18 Å². The van der Waals surface area contributed by atoms with Crippen LogP contribution in [0.1, 0.15) is 41.6 Å². The topological polar surface area (TPSA) is 32.8 Å². The standard InChI is InChI=1S/C23H26ClFN2O2/c24-21-8-3-17(15-22(21)25)16-26-13-9-20(10-14-26)29-19-6-4-18(5-7-19)23(28)27-11-1-2-12-27/h3-8,15,20H,1-2,9-14,16H2. The van der Waals surface area contributed by atoms with E-state index >= 15 is 0 Å². The fraction of sp³-hybridized carbons (Fsp3) is 0.435. The number of amides is 1. The van der Waals surface area contributed by atoms with Gasteiger partial charge in [-0.05, 0) is 67.6 Å². The van der Waals surface area contributed by atoms with Gasteiger partial charge in [-0.15, -0.1) is 0 Å². The Morgan fingerprint density at radius 1 is 1.03 bits per heavy atom. The summed E-state index contributed by atoms with van der Waals surface area (Å²) in [7, 11) is 0. The second-order valence-electron chi connectivity index (χ2n) is 7.87. The zero-order valence-corrected chi connectivity index (χ0v) is 17.2. The van der Waals surface area contributed by atoms with Crippen LogP contribution in [0.3, 0.4) is 0 Å². The first-order chi connectivity index (χ1) is 14.1. The van der Waals surface area contributed by atoms with Gasteiger partial charge < -0.3 is 9.64 Å². The van der Waals surface area contributed by atoms with Gasteiger partial charge in [0.05, 0.1) is 5.02 Å². The Morgan fingerprint density at radius 3 is 2.38 bits per heavy atom. The molecule has 2 saturated heterocycles. The molecule has 154 valence electrons. The maximum absolute atomic E-state index is 13.6. The Morgan fingerprint density at radius 2 is 1.72 bits per heavy atom. The van der Waals surface area contributed by atoms with E-state index < -0.39 is 0 Å². The molecule has 0 atom stereocenters. The molecule has 6 heteroatoms. The number of likely N-dealkylation sites (tertiary alicyclic amines) is 2. The van der Waals surface area contributed by atoms with Gasteiger partial charge >= 0.3 is 0 Å². The summed E-state index contributed by atoms with van der Waals surface area (Å²) in [5.41, 5.74) is 1.66. The lowest BCUT2D eigenvalue weighted by Crippen LogP contribution is -2.37. The average molecular weight is 417 g/mol.